The summed E-state index contributed by atoms with van der Waals surface area (Å²) in [6.07, 6.45) is 5.14. The van der Waals surface area contributed by atoms with E-state index in [4.69, 9.17) is 0 Å². The van der Waals surface area contributed by atoms with Gasteiger partial charge in [0.1, 0.15) is 0 Å². The standard InChI is InChI=1S/C14H30N2O2S/c1-5-10-15-11-12(2)19(17,18)16-13-6-8-14(3,4)9-7-13/h12-13,15-16H,5-11H2,1-4H3. The lowest BCUT2D eigenvalue weighted by molar-refractivity contribution is 0.218. The molecule has 0 saturated heterocycles. The fourth-order valence-corrected chi connectivity index (χ4v) is 3.73. The minimum atomic E-state index is -3.19. The van der Waals surface area contributed by atoms with Crippen LogP contribution in [0.5, 0.6) is 0 Å². The van der Waals surface area contributed by atoms with Crippen LogP contribution in [0.25, 0.3) is 0 Å². The summed E-state index contributed by atoms with van der Waals surface area (Å²) in [5.74, 6) is 0. The van der Waals surface area contributed by atoms with Crippen LogP contribution in [0.1, 0.15) is 59.8 Å². The third kappa shape index (κ3) is 5.79. The van der Waals surface area contributed by atoms with Crippen molar-refractivity contribution in [1.82, 2.24) is 10.0 Å². The summed E-state index contributed by atoms with van der Waals surface area (Å²) in [6.45, 7) is 9.77. The summed E-state index contributed by atoms with van der Waals surface area (Å²) in [5, 5.41) is 2.81. The van der Waals surface area contributed by atoms with Gasteiger partial charge in [-0.15, -0.1) is 0 Å². The average molecular weight is 290 g/mol. The first-order chi connectivity index (χ1) is 8.77. The molecule has 4 nitrogen and oxygen atoms in total. The molecular formula is C14H30N2O2S. The molecule has 0 spiro atoms. The van der Waals surface area contributed by atoms with Crippen LogP contribution in [0.2, 0.25) is 0 Å². The average Bonchev–Trinajstić information content (AvgIpc) is 2.32. The van der Waals surface area contributed by atoms with Gasteiger partial charge in [0, 0.05) is 12.6 Å². The van der Waals surface area contributed by atoms with Crippen LogP contribution >= 0.6 is 0 Å². The molecule has 5 heteroatoms. The van der Waals surface area contributed by atoms with E-state index in [-0.39, 0.29) is 11.3 Å². The van der Waals surface area contributed by atoms with Gasteiger partial charge in [0.25, 0.3) is 0 Å². The highest BCUT2D eigenvalue weighted by Gasteiger charge is 2.30. The van der Waals surface area contributed by atoms with Gasteiger partial charge in [0.2, 0.25) is 10.0 Å². The summed E-state index contributed by atoms with van der Waals surface area (Å²) in [4.78, 5) is 0. The monoisotopic (exact) mass is 290 g/mol. The predicted octanol–water partition coefficient (Wildman–Crippen LogP) is 2.26. The van der Waals surface area contributed by atoms with Gasteiger partial charge >= 0.3 is 0 Å². The highest BCUT2D eigenvalue weighted by molar-refractivity contribution is 7.90. The summed E-state index contributed by atoms with van der Waals surface area (Å²) < 4.78 is 27.3. The van der Waals surface area contributed by atoms with Crippen LogP contribution in [0.3, 0.4) is 0 Å². The normalized spacial score (nSPS) is 22.3. The van der Waals surface area contributed by atoms with E-state index in [0.717, 1.165) is 38.6 Å². The summed E-state index contributed by atoms with van der Waals surface area (Å²) >= 11 is 0. The molecule has 2 N–H and O–H groups in total. The smallest absolute Gasteiger partial charge is 0.215 e. The lowest BCUT2D eigenvalue weighted by Gasteiger charge is -2.34. The van der Waals surface area contributed by atoms with Gasteiger partial charge in [-0.2, -0.15) is 0 Å². The zero-order chi connectivity index (χ0) is 14.5. The number of hydrogen-bond donors (Lipinski definition) is 2. The molecule has 0 heterocycles. The van der Waals surface area contributed by atoms with Crippen molar-refractivity contribution in [2.24, 2.45) is 5.41 Å². The number of hydrogen-bond acceptors (Lipinski definition) is 3. The Bertz CT molecular complexity index is 356. The zero-order valence-electron chi connectivity index (χ0n) is 12.8. The Labute approximate surface area is 118 Å². The van der Waals surface area contributed by atoms with E-state index in [1.807, 2.05) is 0 Å². The third-order valence-corrected chi connectivity index (χ3v) is 5.95. The number of nitrogens with one attached hydrogen (secondary N) is 2. The second-order valence-corrected chi connectivity index (χ2v) is 8.75. The predicted molar refractivity (Wildman–Crippen MR) is 80.7 cm³/mol. The SMILES string of the molecule is CCCNCC(C)S(=O)(=O)NC1CCC(C)(C)CC1. The molecule has 19 heavy (non-hydrogen) atoms. The molecule has 0 amide bonds. The Hall–Kier alpha value is -0.130. The van der Waals surface area contributed by atoms with E-state index in [0.29, 0.717) is 12.0 Å². The first-order valence-corrected chi connectivity index (χ1v) is 9.03. The first kappa shape index (κ1) is 16.9. The highest BCUT2D eigenvalue weighted by Crippen LogP contribution is 2.35. The van der Waals surface area contributed by atoms with E-state index in [2.05, 4.69) is 30.8 Å². The van der Waals surface area contributed by atoms with Gasteiger partial charge in [0.15, 0.2) is 0 Å². The Kier molecular flexibility index (Phi) is 6.27. The van der Waals surface area contributed by atoms with E-state index < -0.39 is 10.0 Å². The quantitative estimate of drug-likeness (QED) is 0.707. The second kappa shape index (κ2) is 7.04. The molecule has 0 bridgehead atoms. The van der Waals surface area contributed by atoms with E-state index in [1.54, 1.807) is 6.92 Å². The maximum Gasteiger partial charge on any atom is 0.215 e. The van der Waals surface area contributed by atoms with E-state index in [1.165, 1.54) is 0 Å². The minimum Gasteiger partial charge on any atom is -0.315 e. The molecule has 0 aromatic rings. The molecular weight excluding hydrogens is 260 g/mol. The fraction of sp³-hybridized carbons (Fsp3) is 1.00. The maximum absolute atomic E-state index is 12.2. The van der Waals surface area contributed by atoms with E-state index in [9.17, 15) is 8.42 Å². The van der Waals surface area contributed by atoms with Crippen molar-refractivity contribution in [3.63, 3.8) is 0 Å². The van der Waals surface area contributed by atoms with Crippen LogP contribution in [0, 0.1) is 5.41 Å². The minimum absolute atomic E-state index is 0.131. The van der Waals surface area contributed by atoms with Crippen LogP contribution in [-0.2, 0) is 10.0 Å². The summed E-state index contributed by atoms with van der Waals surface area (Å²) in [6, 6.07) is 0.131. The summed E-state index contributed by atoms with van der Waals surface area (Å²) in [5.41, 5.74) is 0.371. The van der Waals surface area contributed by atoms with Crippen molar-refractivity contribution in [1.29, 1.82) is 0 Å². The van der Waals surface area contributed by atoms with Crippen LogP contribution in [-0.4, -0.2) is 32.8 Å². The van der Waals surface area contributed by atoms with Crippen molar-refractivity contribution in [3.8, 4) is 0 Å². The molecule has 1 rings (SSSR count). The molecule has 1 saturated carbocycles. The van der Waals surface area contributed by atoms with Crippen molar-refractivity contribution >= 4 is 10.0 Å². The molecule has 1 atom stereocenters. The van der Waals surface area contributed by atoms with Crippen molar-refractivity contribution in [2.75, 3.05) is 13.1 Å². The van der Waals surface area contributed by atoms with Gasteiger partial charge in [-0.3, -0.25) is 0 Å². The second-order valence-electron chi connectivity index (χ2n) is 6.62. The van der Waals surface area contributed by atoms with Gasteiger partial charge in [-0.25, -0.2) is 13.1 Å². The molecule has 1 unspecified atom stereocenters. The zero-order valence-corrected chi connectivity index (χ0v) is 13.6. The molecule has 1 aliphatic carbocycles. The lowest BCUT2D eigenvalue weighted by atomic mass is 9.76. The molecule has 114 valence electrons. The van der Waals surface area contributed by atoms with Crippen LogP contribution in [0.15, 0.2) is 0 Å². The number of sulfonamides is 1. The van der Waals surface area contributed by atoms with Crippen molar-refractivity contribution in [2.45, 2.75) is 71.1 Å². The maximum atomic E-state index is 12.2. The topological polar surface area (TPSA) is 58.2 Å². The first-order valence-electron chi connectivity index (χ1n) is 7.49. The number of rotatable bonds is 7. The van der Waals surface area contributed by atoms with Crippen molar-refractivity contribution in [3.05, 3.63) is 0 Å². The fourth-order valence-electron chi connectivity index (χ4n) is 2.46. The molecule has 0 radical (unpaired) electrons. The molecule has 1 aliphatic rings. The van der Waals surface area contributed by atoms with Gasteiger partial charge < -0.3 is 5.32 Å². The third-order valence-electron chi connectivity index (χ3n) is 4.06. The Morgan fingerprint density at radius 1 is 1.26 bits per heavy atom. The largest absolute Gasteiger partial charge is 0.315 e. The van der Waals surface area contributed by atoms with Gasteiger partial charge in [-0.1, -0.05) is 20.8 Å². The lowest BCUT2D eigenvalue weighted by Crippen LogP contribution is -2.45. The Morgan fingerprint density at radius 2 is 1.84 bits per heavy atom. The van der Waals surface area contributed by atoms with Crippen LogP contribution in [0.4, 0.5) is 0 Å². The highest BCUT2D eigenvalue weighted by atomic mass is 32.2. The van der Waals surface area contributed by atoms with Crippen molar-refractivity contribution < 1.29 is 8.42 Å². The summed E-state index contributed by atoms with van der Waals surface area (Å²) in [7, 11) is -3.19. The van der Waals surface area contributed by atoms with Gasteiger partial charge in [-0.05, 0) is 51.0 Å². The van der Waals surface area contributed by atoms with E-state index >= 15 is 0 Å². The molecule has 0 aromatic heterocycles. The Balaban J connectivity index is 2.42. The molecule has 0 aliphatic heterocycles. The van der Waals surface area contributed by atoms with Crippen LogP contribution < -0.4 is 10.0 Å². The molecule has 1 fully saturated rings. The Morgan fingerprint density at radius 3 is 2.37 bits per heavy atom. The molecule has 0 aromatic carbocycles. The van der Waals surface area contributed by atoms with Gasteiger partial charge in [0.05, 0.1) is 5.25 Å².